The van der Waals surface area contributed by atoms with Crippen LogP contribution in [-0.2, 0) is 0 Å². The van der Waals surface area contributed by atoms with Gasteiger partial charge in [0.05, 0.1) is 24.4 Å². The Balaban J connectivity index is 1.71. The summed E-state index contributed by atoms with van der Waals surface area (Å²) >= 11 is 0. The average molecular weight is 324 g/mol. The van der Waals surface area contributed by atoms with Crippen molar-refractivity contribution in [3.63, 3.8) is 0 Å². The first kappa shape index (κ1) is 14.8. The van der Waals surface area contributed by atoms with Crippen molar-refractivity contribution in [2.24, 2.45) is 0 Å². The molecule has 0 bridgehead atoms. The molecule has 1 fully saturated rings. The zero-order valence-corrected chi connectivity index (χ0v) is 13.6. The first-order chi connectivity index (χ1) is 11.8. The summed E-state index contributed by atoms with van der Waals surface area (Å²) < 4.78 is 5.30. The van der Waals surface area contributed by atoms with Crippen molar-refractivity contribution in [3.8, 4) is 5.75 Å². The van der Waals surface area contributed by atoms with Gasteiger partial charge in [-0.15, -0.1) is 0 Å². The van der Waals surface area contributed by atoms with Crippen molar-refractivity contribution >= 4 is 16.8 Å². The van der Waals surface area contributed by atoms with Crippen LogP contribution in [0.4, 0.5) is 0 Å². The third kappa shape index (κ3) is 2.44. The van der Waals surface area contributed by atoms with Gasteiger partial charge in [0, 0.05) is 29.8 Å². The number of aromatic amines is 2. The van der Waals surface area contributed by atoms with E-state index in [0.717, 1.165) is 48.2 Å². The number of carbonyl (C=O) groups is 1. The summed E-state index contributed by atoms with van der Waals surface area (Å²) in [5.74, 6) is 0.800. The van der Waals surface area contributed by atoms with Gasteiger partial charge in [0.15, 0.2) is 0 Å². The highest BCUT2D eigenvalue weighted by Crippen LogP contribution is 2.33. The van der Waals surface area contributed by atoms with Crippen LogP contribution in [0.5, 0.6) is 5.75 Å². The molecule has 124 valence electrons. The topological polar surface area (TPSA) is 74.0 Å². The van der Waals surface area contributed by atoms with E-state index >= 15 is 0 Å². The fourth-order valence-electron chi connectivity index (χ4n) is 3.51. The van der Waals surface area contributed by atoms with Crippen LogP contribution in [0.15, 0.2) is 36.7 Å². The Morgan fingerprint density at radius 2 is 2.25 bits per heavy atom. The molecule has 2 N–H and O–H groups in total. The van der Waals surface area contributed by atoms with E-state index in [2.05, 4.69) is 15.2 Å². The van der Waals surface area contributed by atoms with Gasteiger partial charge in [-0.05, 0) is 43.5 Å². The van der Waals surface area contributed by atoms with Gasteiger partial charge < -0.3 is 14.6 Å². The summed E-state index contributed by atoms with van der Waals surface area (Å²) in [6, 6.07) is 7.75. The molecule has 1 amide bonds. The van der Waals surface area contributed by atoms with E-state index in [1.807, 2.05) is 29.2 Å². The largest absolute Gasteiger partial charge is 0.497 e. The number of methoxy groups -OCH3 is 1. The smallest absolute Gasteiger partial charge is 0.256 e. The van der Waals surface area contributed by atoms with Crippen molar-refractivity contribution in [2.75, 3.05) is 13.7 Å². The number of likely N-dealkylation sites (tertiary alicyclic amines) is 1. The lowest BCUT2D eigenvalue weighted by molar-refractivity contribution is 0.0608. The summed E-state index contributed by atoms with van der Waals surface area (Å²) in [5, 5.41) is 7.96. The molecule has 1 saturated heterocycles. The summed E-state index contributed by atoms with van der Waals surface area (Å²) in [6.07, 6.45) is 6.64. The zero-order valence-electron chi connectivity index (χ0n) is 13.6. The van der Waals surface area contributed by atoms with E-state index in [1.165, 1.54) is 0 Å². The molecule has 6 heteroatoms. The number of piperidine rings is 1. The van der Waals surface area contributed by atoms with Crippen molar-refractivity contribution in [1.29, 1.82) is 0 Å². The van der Waals surface area contributed by atoms with Crippen molar-refractivity contribution < 1.29 is 9.53 Å². The van der Waals surface area contributed by atoms with E-state index in [-0.39, 0.29) is 11.9 Å². The van der Waals surface area contributed by atoms with E-state index in [0.29, 0.717) is 5.56 Å². The van der Waals surface area contributed by atoms with Gasteiger partial charge in [-0.3, -0.25) is 9.89 Å². The van der Waals surface area contributed by atoms with Crippen LogP contribution in [0.1, 0.15) is 41.4 Å². The van der Waals surface area contributed by atoms with Gasteiger partial charge in [0.25, 0.3) is 5.91 Å². The Hall–Kier alpha value is -2.76. The van der Waals surface area contributed by atoms with Crippen LogP contribution < -0.4 is 4.74 Å². The third-order valence-electron chi connectivity index (χ3n) is 4.76. The second kappa shape index (κ2) is 6.03. The van der Waals surface area contributed by atoms with Gasteiger partial charge in [0.1, 0.15) is 5.75 Å². The Bertz CT molecular complexity index is 853. The number of ether oxygens (including phenoxy) is 1. The monoisotopic (exact) mass is 324 g/mol. The van der Waals surface area contributed by atoms with E-state index in [4.69, 9.17) is 4.74 Å². The number of hydrogen-bond donors (Lipinski definition) is 2. The minimum absolute atomic E-state index is 0.0498. The highest BCUT2D eigenvalue weighted by molar-refractivity contribution is 6.07. The van der Waals surface area contributed by atoms with Crippen LogP contribution in [-0.4, -0.2) is 39.6 Å². The molecule has 2 aromatic heterocycles. The van der Waals surface area contributed by atoms with Gasteiger partial charge in [-0.1, -0.05) is 0 Å². The number of benzene rings is 1. The minimum Gasteiger partial charge on any atom is -0.497 e. The van der Waals surface area contributed by atoms with Crippen LogP contribution in [0, 0.1) is 0 Å². The number of rotatable bonds is 3. The number of carbonyl (C=O) groups excluding carboxylic acids is 1. The van der Waals surface area contributed by atoms with Crippen LogP contribution in [0.25, 0.3) is 10.9 Å². The maximum atomic E-state index is 13.2. The molecule has 1 aliphatic heterocycles. The van der Waals surface area contributed by atoms with Gasteiger partial charge >= 0.3 is 0 Å². The number of nitrogens with one attached hydrogen (secondary N) is 2. The molecule has 6 nitrogen and oxygen atoms in total. The average Bonchev–Trinajstić information content (AvgIpc) is 3.30. The molecule has 1 aliphatic rings. The lowest BCUT2D eigenvalue weighted by atomic mass is 9.98. The number of hydrogen-bond acceptors (Lipinski definition) is 3. The van der Waals surface area contributed by atoms with E-state index in [9.17, 15) is 4.79 Å². The summed E-state index contributed by atoms with van der Waals surface area (Å²) in [5.41, 5.74) is 2.63. The predicted molar refractivity (Wildman–Crippen MR) is 91.1 cm³/mol. The molecule has 1 atom stereocenters. The number of fused-ring (bicyclic) bond motifs is 1. The Labute approximate surface area is 139 Å². The SMILES string of the molecule is COc1ccc2[nH]cc(C(=O)N3CCCCC3c3ccn[nH]3)c2c1. The molecule has 3 aromatic rings. The van der Waals surface area contributed by atoms with E-state index < -0.39 is 0 Å². The van der Waals surface area contributed by atoms with Crippen LogP contribution in [0.2, 0.25) is 0 Å². The molecule has 0 spiro atoms. The molecule has 1 aromatic carbocycles. The summed E-state index contributed by atoms with van der Waals surface area (Å²) in [7, 11) is 1.63. The van der Waals surface area contributed by atoms with Gasteiger partial charge in [-0.25, -0.2) is 0 Å². The highest BCUT2D eigenvalue weighted by atomic mass is 16.5. The fraction of sp³-hybridized carbons (Fsp3) is 0.333. The number of nitrogens with zero attached hydrogens (tertiary/aromatic N) is 2. The van der Waals surface area contributed by atoms with Crippen LogP contribution in [0.3, 0.4) is 0 Å². The Morgan fingerprint density at radius 1 is 1.33 bits per heavy atom. The maximum absolute atomic E-state index is 13.2. The lowest BCUT2D eigenvalue weighted by Gasteiger charge is -2.35. The Kier molecular flexibility index (Phi) is 3.72. The normalized spacial score (nSPS) is 18.0. The minimum atomic E-state index is 0.0498. The first-order valence-corrected chi connectivity index (χ1v) is 8.23. The molecule has 1 unspecified atom stereocenters. The quantitative estimate of drug-likeness (QED) is 0.776. The second-order valence-corrected chi connectivity index (χ2v) is 6.14. The zero-order chi connectivity index (χ0) is 16.5. The second-order valence-electron chi connectivity index (χ2n) is 6.14. The molecule has 4 rings (SSSR count). The van der Waals surface area contributed by atoms with Crippen molar-refractivity contribution in [1.82, 2.24) is 20.1 Å². The molecular formula is C18H20N4O2. The molecule has 0 radical (unpaired) electrons. The third-order valence-corrected chi connectivity index (χ3v) is 4.76. The Morgan fingerprint density at radius 3 is 3.04 bits per heavy atom. The lowest BCUT2D eigenvalue weighted by Crippen LogP contribution is -2.38. The highest BCUT2D eigenvalue weighted by Gasteiger charge is 2.30. The summed E-state index contributed by atoms with van der Waals surface area (Å²) in [6.45, 7) is 0.763. The molecule has 3 heterocycles. The van der Waals surface area contributed by atoms with E-state index in [1.54, 1.807) is 19.5 Å². The fourth-order valence-corrected chi connectivity index (χ4v) is 3.51. The molecule has 24 heavy (non-hydrogen) atoms. The predicted octanol–water partition coefficient (Wildman–Crippen LogP) is 3.27. The number of amides is 1. The van der Waals surface area contributed by atoms with Gasteiger partial charge in [-0.2, -0.15) is 5.10 Å². The standard InChI is InChI=1S/C18H20N4O2/c1-24-12-5-6-15-13(10-12)14(11-19-15)18(23)22-9-3-2-4-17(22)16-7-8-20-21-16/h5-8,10-11,17,19H,2-4,9H2,1H3,(H,20,21). The molecule has 0 aliphatic carbocycles. The molecular weight excluding hydrogens is 304 g/mol. The summed E-state index contributed by atoms with van der Waals surface area (Å²) in [4.78, 5) is 18.4. The number of H-pyrrole nitrogens is 2. The molecule has 0 saturated carbocycles. The van der Waals surface area contributed by atoms with Crippen molar-refractivity contribution in [3.05, 3.63) is 47.9 Å². The van der Waals surface area contributed by atoms with Crippen LogP contribution >= 0.6 is 0 Å². The maximum Gasteiger partial charge on any atom is 0.256 e. The number of aromatic nitrogens is 3. The first-order valence-electron chi connectivity index (χ1n) is 8.23. The van der Waals surface area contributed by atoms with Gasteiger partial charge in [0.2, 0.25) is 0 Å². The van der Waals surface area contributed by atoms with Crippen molar-refractivity contribution in [2.45, 2.75) is 25.3 Å².